The molecule has 0 aliphatic heterocycles. The molecule has 4 aromatic rings. The molecule has 0 spiro atoms. The molecule has 0 saturated heterocycles. The van der Waals surface area contributed by atoms with Crippen LogP contribution in [0.5, 0.6) is 5.75 Å². The summed E-state index contributed by atoms with van der Waals surface area (Å²) in [5.74, 6) is 0.279. The van der Waals surface area contributed by atoms with Crippen molar-refractivity contribution in [2.24, 2.45) is 0 Å². The van der Waals surface area contributed by atoms with E-state index in [1.807, 2.05) is 0 Å². The predicted molar refractivity (Wildman–Crippen MR) is 111 cm³/mol. The van der Waals surface area contributed by atoms with Crippen molar-refractivity contribution < 1.29 is 17.9 Å². The summed E-state index contributed by atoms with van der Waals surface area (Å²) in [5, 5.41) is 2.72. The molecule has 0 bridgehead atoms. The Morgan fingerprint density at radius 2 is 1.81 bits per heavy atom. The topological polar surface area (TPSA) is 102 Å². The number of nitrogens with zero attached hydrogens (tertiary/aromatic N) is 3. The molecular formula is C21H16F3N5O3. The Morgan fingerprint density at radius 1 is 1.09 bits per heavy atom. The second kappa shape index (κ2) is 8.17. The molecule has 0 amide bonds. The second-order valence-corrected chi connectivity index (χ2v) is 6.71. The summed E-state index contributed by atoms with van der Waals surface area (Å²) in [5.41, 5.74) is -1.99. The molecule has 0 fully saturated rings. The van der Waals surface area contributed by atoms with E-state index in [1.165, 1.54) is 31.5 Å². The lowest BCUT2D eigenvalue weighted by atomic mass is 10.1. The molecule has 11 heteroatoms. The molecule has 164 valence electrons. The normalized spacial score (nSPS) is 11.5. The molecule has 2 aromatic heterocycles. The fourth-order valence-corrected chi connectivity index (χ4v) is 3.25. The van der Waals surface area contributed by atoms with E-state index in [4.69, 9.17) is 4.74 Å². The molecule has 0 aliphatic rings. The summed E-state index contributed by atoms with van der Waals surface area (Å²) < 4.78 is 45.6. The number of fused-ring (bicyclic) bond motifs is 1. The van der Waals surface area contributed by atoms with Gasteiger partial charge in [-0.25, -0.2) is 14.3 Å². The molecule has 0 unspecified atom stereocenters. The summed E-state index contributed by atoms with van der Waals surface area (Å²) >= 11 is 0. The second-order valence-electron chi connectivity index (χ2n) is 6.71. The molecule has 8 nitrogen and oxygen atoms in total. The number of nitrogens with one attached hydrogen (secondary N) is 2. The molecule has 0 radical (unpaired) electrons. The van der Waals surface area contributed by atoms with Crippen molar-refractivity contribution in [2.75, 3.05) is 12.4 Å². The SMILES string of the molecule is COc1ccccc1-n1c(=O)[nH]c2nc(NCc3ccccc3C(F)(F)F)ncc2c1=O. The van der Waals surface area contributed by atoms with Gasteiger partial charge in [0.2, 0.25) is 5.95 Å². The molecule has 0 saturated carbocycles. The van der Waals surface area contributed by atoms with Gasteiger partial charge in [0.25, 0.3) is 5.56 Å². The van der Waals surface area contributed by atoms with Gasteiger partial charge in [-0.05, 0) is 23.8 Å². The maximum Gasteiger partial charge on any atom is 0.416 e. The molecule has 0 atom stereocenters. The van der Waals surface area contributed by atoms with Gasteiger partial charge in [-0.1, -0.05) is 30.3 Å². The van der Waals surface area contributed by atoms with Crippen LogP contribution in [0.3, 0.4) is 0 Å². The zero-order chi connectivity index (χ0) is 22.9. The first-order valence-corrected chi connectivity index (χ1v) is 9.34. The lowest BCUT2D eigenvalue weighted by Crippen LogP contribution is -2.34. The smallest absolute Gasteiger partial charge is 0.416 e. The Hall–Kier alpha value is -4.15. The van der Waals surface area contributed by atoms with E-state index >= 15 is 0 Å². The number of alkyl halides is 3. The lowest BCUT2D eigenvalue weighted by molar-refractivity contribution is -0.138. The number of anilines is 1. The zero-order valence-corrected chi connectivity index (χ0v) is 16.6. The van der Waals surface area contributed by atoms with E-state index in [-0.39, 0.29) is 34.8 Å². The highest BCUT2D eigenvalue weighted by molar-refractivity contribution is 5.73. The summed E-state index contributed by atoms with van der Waals surface area (Å²) in [4.78, 5) is 36.1. The Balaban J connectivity index is 1.70. The van der Waals surface area contributed by atoms with Gasteiger partial charge in [0, 0.05) is 12.7 Å². The average molecular weight is 443 g/mol. The highest BCUT2D eigenvalue weighted by atomic mass is 19.4. The van der Waals surface area contributed by atoms with Crippen molar-refractivity contribution in [1.82, 2.24) is 19.5 Å². The summed E-state index contributed by atoms with van der Waals surface area (Å²) in [6, 6.07) is 11.6. The van der Waals surface area contributed by atoms with Crippen LogP contribution in [-0.2, 0) is 12.7 Å². The maximum atomic E-state index is 13.2. The van der Waals surface area contributed by atoms with Gasteiger partial charge in [-0.15, -0.1) is 0 Å². The number of benzene rings is 2. The standard InChI is InChI=1S/C21H16F3N5O3/c1-32-16-9-5-4-8-15(16)29-18(30)13-11-26-19(27-17(13)28-20(29)31)25-10-12-6-2-3-7-14(12)21(22,23)24/h2-9,11H,10H2,1H3,(H2,25,26,27,28,31). The molecule has 4 rings (SSSR count). The van der Waals surface area contributed by atoms with Crippen LogP contribution in [0, 0.1) is 0 Å². The van der Waals surface area contributed by atoms with Crippen LogP contribution in [0.4, 0.5) is 19.1 Å². The molecular weight excluding hydrogens is 427 g/mol. The minimum Gasteiger partial charge on any atom is -0.495 e. The van der Waals surface area contributed by atoms with Gasteiger partial charge in [0.1, 0.15) is 11.1 Å². The van der Waals surface area contributed by atoms with Crippen LogP contribution in [0.25, 0.3) is 16.7 Å². The van der Waals surface area contributed by atoms with E-state index in [2.05, 4.69) is 20.3 Å². The Morgan fingerprint density at radius 3 is 2.56 bits per heavy atom. The van der Waals surface area contributed by atoms with E-state index in [0.29, 0.717) is 5.75 Å². The monoisotopic (exact) mass is 443 g/mol. The maximum absolute atomic E-state index is 13.2. The van der Waals surface area contributed by atoms with Crippen molar-refractivity contribution in [3.63, 3.8) is 0 Å². The van der Waals surface area contributed by atoms with Crippen LogP contribution in [0.1, 0.15) is 11.1 Å². The Labute approximate surface area is 178 Å². The average Bonchev–Trinajstić information content (AvgIpc) is 2.77. The minimum absolute atomic E-state index is 0.00350. The fraction of sp³-hybridized carbons (Fsp3) is 0.143. The first-order valence-electron chi connectivity index (χ1n) is 9.34. The van der Waals surface area contributed by atoms with Crippen molar-refractivity contribution in [3.05, 3.63) is 86.7 Å². The van der Waals surface area contributed by atoms with Gasteiger partial charge >= 0.3 is 11.9 Å². The van der Waals surface area contributed by atoms with E-state index in [0.717, 1.165) is 10.6 Å². The first-order chi connectivity index (χ1) is 15.3. The fourth-order valence-electron chi connectivity index (χ4n) is 3.25. The summed E-state index contributed by atoms with van der Waals surface area (Å²) in [6.45, 7) is -0.205. The number of para-hydroxylation sites is 2. The number of H-pyrrole nitrogens is 1. The number of rotatable bonds is 5. The molecule has 2 heterocycles. The number of hydrogen-bond acceptors (Lipinski definition) is 6. The third kappa shape index (κ3) is 3.92. The van der Waals surface area contributed by atoms with Crippen molar-refractivity contribution in [3.8, 4) is 11.4 Å². The number of aromatic nitrogens is 4. The van der Waals surface area contributed by atoms with Gasteiger partial charge in [0.15, 0.2) is 5.65 Å². The van der Waals surface area contributed by atoms with Crippen LogP contribution in [-0.4, -0.2) is 26.6 Å². The van der Waals surface area contributed by atoms with E-state index in [1.54, 1.807) is 24.3 Å². The van der Waals surface area contributed by atoms with Crippen molar-refractivity contribution in [2.45, 2.75) is 12.7 Å². The predicted octanol–water partition coefficient (Wildman–Crippen LogP) is 3.11. The molecule has 2 aromatic carbocycles. The Bertz CT molecular complexity index is 1410. The van der Waals surface area contributed by atoms with Crippen LogP contribution >= 0.6 is 0 Å². The lowest BCUT2D eigenvalue weighted by Gasteiger charge is -2.13. The summed E-state index contributed by atoms with van der Waals surface area (Å²) in [6.07, 6.45) is -3.30. The van der Waals surface area contributed by atoms with Crippen molar-refractivity contribution >= 4 is 17.0 Å². The van der Waals surface area contributed by atoms with Crippen LogP contribution in [0.2, 0.25) is 0 Å². The van der Waals surface area contributed by atoms with Crippen molar-refractivity contribution in [1.29, 1.82) is 0 Å². The molecule has 0 aliphatic carbocycles. The quantitative estimate of drug-likeness (QED) is 0.492. The molecule has 2 N–H and O–H groups in total. The van der Waals surface area contributed by atoms with Crippen LogP contribution < -0.4 is 21.3 Å². The number of aromatic amines is 1. The third-order valence-corrected chi connectivity index (χ3v) is 4.74. The number of halogens is 3. The number of methoxy groups -OCH3 is 1. The van der Waals surface area contributed by atoms with Crippen LogP contribution in [0.15, 0.2) is 64.3 Å². The highest BCUT2D eigenvalue weighted by Crippen LogP contribution is 2.32. The number of ether oxygens (including phenoxy) is 1. The van der Waals surface area contributed by atoms with E-state index < -0.39 is 23.0 Å². The minimum atomic E-state index is -4.50. The first kappa shape index (κ1) is 21.1. The number of hydrogen-bond donors (Lipinski definition) is 2. The Kier molecular flexibility index (Phi) is 5.39. The third-order valence-electron chi connectivity index (χ3n) is 4.74. The van der Waals surface area contributed by atoms with Gasteiger partial charge in [-0.3, -0.25) is 9.78 Å². The highest BCUT2D eigenvalue weighted by Gasteiger charge is 2.32. The van der Waals surface area contributed by atoms with E-state index in [9.17, 15) is 22.8 Å². The zero-order valence-electron chi connectivity index (χ0n) is 16.6. The largest absolute Gasteiger partial charge is 0.495 e. The summed E-state index contributed by atoms with van der Waals surface area (Å²) in [7, 11) is 1.41. The van der Waals surface area contributed by atoms with Gasteiger partial charge in [-0.2, -0.15) is 18.2 Å². The van der Waals surface area contributed by atoms with Gasteiger partial charge in [0.05, 0.1) is 18.4 Å². The molecule has 32 heavy (non-hydrogen) atoms. The van der Waals surface area contributed by atoms with Gasteiger partial charge < -0.3 is 10.1 Å².